The summed E-state index contributed by atoms with van der Waals surface area (Å²) in [4.78, 5) is 0. The van der Waals surface area contributed by atoms with E-state index in [0.717, 1.165) is 0 Å². The lowest BCUT2D eigenvalue weighted by atomic mass is 9.79. The Morgan fingerprint density at radius 2 is 1.56 bits per heavy atom. The van der Waals surface area contributed by atoms with Crippen molar-refractivity contribution < 1.29 is 0 Å². The van der Waals surface area contributed by atoms with Crippen LogP contribution in [0.1, 0.15) is 35.4 Å². The molecule has 0 amide bonds. The largest absolute Gasteiger partial charge is 0.0622 e. The van der Waals surface area contributed by atoms with E-state index >= 15 is 0 Å². The van der Waals surface area contributed by atoms with Gasteiger partial charge in [-0.3, -0.25) is 0 Å². The van der Waals surface area contributed by atoms with Gasteiger partial charge in [-0.25, -0.2) is 0 Å². The van der Waals surface area contributed by atoms with Crippen molar-refractivity contribution in [2.75, 3.05) is 0 Å². The van der Waals surface area contributed by atoms with Crippen LogP contribution in [0.3, 0.4) is 0 Å². The van der Waals surface area contributed by atoms with Crippen molar-refractivity contribution >= 4 is 0 Å². The van der Waals surface area contributed by atoms with Crippen molar-refractivity contribution in [3.8, 4) is 0 Å². The number of benzene rings is 2. The van der Waals surface area contributed by atoms with Gasteiger partial charge in [0.2, 0.25) is 0 Å². The molecule has 16 heavy (non-hydrogen) atoms. The van der Waals surface area contributed by atoms with E-state index in [9.17, 15) is 0 Å². The molecule has 0 aliphatic heterocycles. The summed E-state index contributed by atoms with van der Waals surface area (Å²) in [6, 6.07) is 19.6. The van der Waals surface area contributed by atoms with Gasteiger partial charge in [-0.15, -0.1) is 0 Å². The minimum Gasteiger partial charge on any atom is -0.0622 e. The first-order valence-corrected chi connectivity index (χ1v) is 5.92. The summed E-state index contributed by atoms with van der Waals surface area (Å²) in [5, 5.41) is 0. The Morgan fingerprint density at radius 3 is 2.44 bits per heavy atom. The molecule has 0 N–H and O–H groups in total. The SMILES string of the molecule is [CH]1CCC(c2ccccc2)c2ccccc21. The molecule has 2 aromatic rings. The maximum Gasteiger partial charge on any atom is 0.00924 e. The van der Waals surface area contributed by atoms with E-state index in [1.54, 1.807) is 0 Å². The molecule has 0 spiro atoms. The van der Waals surface area contributed by atoms with Crippen molar-refractivity contribution in [1.29, 1.82) is 0 Å². The molecule has 1 atom stereocenters. The minimum absolute atomic E-state index is 0.586. The van der Waals surface area contributed by atoms with Gasteiger partial charge in [-0.2, -0.15) is 0 Å². The second-order valence-electron chi connectivity index (χ2n) is 4.37. The zero-order chi connectivity index (χ0) is 10.8. The molecule has 3 rings (SSSR count). The Morgan fingerprint density at radius 1 is 0.812 bits per heavy atom. The monoisotopic (exact) mass is 207 g/mol. The summed E-state index contributed by atoms with van der Waals surface area (Å²) < 4.78 is 0. The Kier molecular flexibility index (Phi) is 2.49. The van der Waals surface area contributed by atoms with Crippen LogP contribution < -0.4 is 0 Å². The number of fused-ring (bicyclic) bond motifs is 1. The van der Waals surface area contributed by atoms with E-state index in [1.165, 1.54) is 29.5 Å². The molecular formula is C16H15. The fraction of sp³-hybridized carbons (Fsp3) is 0.188. The van der Waals surface area contributed by atoms with E-state index in [0.29, 0.717) is 5.92 Å². The first kappa shape index (κ1) is 9.65. The van der Waals surface area contributed by atoms with Gasteiger partial charge < -0.3 is 0 Å². The lowest BCUT2D eigenvalue weighted by molar-refractivity contribution is 0.679. The summed E-state index contributed by atoms with van der Waals surface area (Å²) >= 11 is 0. The molecule has 0 heteroatoms. The second kappa shape index (κ2) is 4.13. The van der Waals surface area contributed by atoms with Crippen LogP contribution >= 0.6 is 0 Å². The van der Waals surface area contributed by atoms with E-state index in [-0.39, 0.29) is 0 Å². The molecule has 1 radical (unpaired) electrons. The summed E-state index contributed by atoms with van der Waals surface area (Å²) in [5.41, 5.74) is 4.35. The standard InChI is InChI=1S/C16H15/c1-2-7-13(8-3-1)16-12-6-10-14-9-4-5-11-15(14)16/h1-5,7-11,16H,6,12H2. The van der Waals surface area contributed by atoms with Crippen molar-refractivity contribution in [3.63, 3.8) is 0 Å². The quantitative estimate of drug-likeness (QED) is 0.658. The van der Waals surface area contributed by atoms with Gasteiger partial charge in [-0.05, 0) is 36.0 Å². The van der Waals surface area contributed by atoms with Crippen LogP contribution in [0.15, 0.2) is 54.6 Å². The van der Waals surface area contributed by atoms with Gasteiger partial charge in [0.25, 0.3) is 0 Å². The predicted octanol–water partition coefficient (Wildman–Crippen LogP) is 4.16. The Hall–Kier alpha value is -1.56. The lowest BCUT2D eigenvalue weighted by Crippen LogP contribution is -2.09. The molecule has 2 aromatic carbocycles. The summed E-state index contributed by atoms with van der Waals surface area (Å²) in [5.74, 6) is 0.586. The summed E-state index contributed by atoms with van der Waals surface area (Å²) in [7, 11) is 0. The first-order valence-electron chi connectivity index (χ1n) is 5.92. The van der Waals surface area contributed by atoms with Crippen LogP contribution in [0.5, 0.6) is 0 Å². The van der Waals surface area contributed by atoms with Crippen LogP contribution in [0.25, 0.3) is 0 Å². The molecule has 0 heterocycles. The smallest absolute Gasteiger partial charge is 0.00924 e. The normalized spacial score (nSPS) is 19.1. The van der Waals surface area contributed by atoms with E-state index in [1.807, 2.05) is 0 Å². The van der Waals surface area contributed by atoms with Crippen LogP contribution in [0.4, 0.5) is 0 Å². The van der Waals surface area contributed by atoms with Gasteiger partial charge in [-0.1, -0.05) is 54.6 Å². The number of hydrogen-bond acceptors (Lipinski definition) is 0. The van der Waals surface area contributed by atoms with Crippen molar-refractivity contribution in [1.82, 2.24) is 0 Å². The van der Waals surface area contributed by atoms with Crippen LogP contribution in [0, 0.1) is 6.42 Å². The third-order valence-corrected chi connectivity index (χ3v) is 3.39. The van der Waals surface area contributed by atoms with Crippen molar-refractivity contribution in [2.45, 2.75) is 18.8 Å². The second-order valence-corrected chi connectivity index (χ2v) is 4.37. The fourth-order valence-electron chi connectivity index (χ4n) is 2.61. The minimum atomic E-state index is 0.586. The van der Waals surface area contributed by atoms with Crippen LogP contribution in [0.2, 0.25) is 0 Å². The van der Waals surface area contributed by atoms with Crippen LogP contribution in [-0.4, -0.2) is 0 Å². The summed E-state index contributed by atoms with van der Waals surface area (Å²) in [6.45, 7) is 0. The molecule has 0 bridgehead atoms. The number of hydrogen-bond donors (Lipinski definition) is 0. The Labute approximate surface area is 96.9 Å². The molecule has 79 valence electrons. The topological polar surface area (TPSA) is 0 Å². The third-order valence-electron chi connectivity index (χ3n) is 3.39. The maximum atomic E-state index is 2.36. The highest BCUT2D eigenvalue weighted by molar-refractivity contribution is 5.43. The molecule has 0 saturated carbocycles. The number of rotatable bonds is 1. The molecule has 1 unspecified atom stereocenters. The Bertz CT molecular complexity index is 470. The van der Waals surface area contributed by atoms with E-state index in [4.69, 9.17) is 0 Å². The fourth-order valence-corrected chi connectivity index (χ4v) is 2.61. The van der Waals surface area contributed by atoms with Gasteiger partial charge in [0, 0.05) is 5.92 Å². The zero-order valence-corrected chi connectivity index (χ0v) is 9.27. The van der Waals surface area contributed by atoms with Gasteiger partial charge in [0.15, 0.2) is 0 Å². The molecule has 0 nitrogen and oxygen atoms in total. The highest BCUT2D eigenvalue weighted by Gasteiger charge is 2.20. The predicted molar refractivity (Wildman–Crippen MR) is 67.4 cm³/mol. The average molecular weight is 207 g/mol. The highest BCUT2D eigenvalue weighted by Crippen LogP contribution is 2.36. The maximum absolute atomic E-state index is 2.36. The van der Waals surface area contributed by atoms with E-state index < -0.39 is 0 Å². The third kappa shape index (κ3) is 1.65. The lowest BCUT2D eigenvalue weighted by Gasteiger charge is -2.25. The van der Waals surface area contributed by atoms with Gasteiger partial charge >= 0.3 is 0 Å². The molecule has 0 aromatic heterocycles. The molecule has 1 aliphatic carbocycles. The van der Waals surface area contributed by atoms with Crippen molar-refractivity contribution in [3.05, 3.63) is 77.7 Å². The van der Waals surface area contributed by atoms with E-state index in [2.05, 4.69) is 61.0 Å². The van der Waals surface area contributed by atoms with Gasteiger partial charge in [0.05, 0.1) is 0 Å². The average Bonchev–Trinajstić information content (AvgIpc) is 2.39. The van der Waals surface area contributed by atoms with Crippen LogP contribution in [-0.2, 0) is 0 Å². The molecule has 1 aliphatic rings. The Balaban J connectivity index is 2.05. The molecular weight excluding hydrogens is 192 g/mol. The molecule has 0 saturated heterocycles. The zero-order valence-electron chi connectivity index (χ0n) is 9.27. The van der Waals surface area contributed by atoms with Crippen molar-refractivity contribution in [2.24, 2.45) is 0 Å². The molecule has 0 fully saturated rings. The van der Waals surface area contributed by atoms with Gasteiger partial charge in [0.1, 0.15) is 0 Å². The summed E-state index contributed by atoms with van der Waals surface area (Å²) in [6.07, 6.45) is 4.78. The highest BCUT2D eigenvalue weighted by atomic mass is 14.2. The first-order chi connectivity index (χ1) is 7.95.